The standard InChI is InChI=1S/C23H21FN4O3S/c1-30-19-8-6-15(12-20(19)31-2)7-9-21(29)25-11-10-18-14-32-23-26-22(27-28(18)23)16-4-3-5-17(24)13-16/h3-9,12-14H,10-11H2,1-2H3,(H,25,29). The molecule has 0 spiro atoms. The van der Waals surface area contributed by atoms with Gasteiger partial charge in [-0.05, 0) is 35.9 Å². The fourth-order valence-corrected chi connectivity index (χ4v) is 4.00. The molecule has 9 heteroatoms. The molecule has 2 heterocycles. The van der Waals surface area contributed by atoms with E-state index in [1.54, 1.807) is 49.1 Å². The lowest BCUT2D eigenvalue weighted by atomic mass is 10.2. The summed E-state index contributed by atoms with van der Waals surface area (Å²) in [4.78, 5) is 17.4. The van der Waals surface area contributed by atoms with Gasteiger partial charge in [0.25, 0.3) is 0 Å². The van der Waals surface area contributed by atoms with Crippen LogP contribution in [-0.2, 0) is 11.2 Å². The molecule has 0 atom stereocenters. The summed E-state index contributed by atoms with van der Waals surface area (Å²) < 4.78 is 25.7. The van der Waals surface area contributed by atoms with Crippen molar-refractivity contribution in [2.24, 2.45) is 0 Å². The Labute approximate surface area is 188 Å². The van der Waals surface area contributed by atoms with Crippen molar-refractivity contribution in [2.75, 3.05) is 20.8 Å². The number of methoxy groups -OCH3 is 2. The molecular formula is C23H21FN4O3S. The van der Waals surface area contributed by atoms with Crippen LogP contribution in [0.5, 0.6) is 11.5 Å². The Kier molecular flexibility index (Phi) is 6.46. The molecular weight excluding hydrogens is 431 g/mol. The van der Waals surface area contributed by atoms with Crippen LogP contribution in [-0.4, -0.2) is 41.3 Å². The Morgan fingerprint density at radius 3 is 2.81 bits per heavy atom. The number of nitrogens with one attached hydrogen (secondary N) is 1. The van der Waals surface area contributed by atoms with E-state index in [0.717, 1.165) is 16.2 Å². The summed E-state index contributed by atoms with van der Waals surface area (Å²) in [6, 6.07) is 11.6. The van der Waals surface area contributed by atoms with Crippen LogP contribution in [0.4, 0.5) is 4.39 Å². The number of amides is 1. The highest BCUT2D eigenvalue weighted by molar-refractivity contribution is 7.15. The van der Waals surface area contributed by atoms with Gasteiger partial charge in [0.05, 0.1) is 19.9 Å². The molecule has 1 N–H and O–H groups in total. The zero-order valence-electron chi connectivity index (χ0n) is 17.5. The molecule has 2 aromatic heterocycles. The highest BCUT2D eigenvalue weighted by Crippen LogP contribution is 2.28. The summed E-state index contributed by atoms with van der Waals surface area (Å²) >= 11 is 1.45. The van der Waals surface area contributed by atoms with Crippen LogP contribution in [0, 0.1) is 5.82 Å². The molecule has 0 aliphatic heterocycles. The van der Waals surface area contributed by atoms with Crippen molar-refractivity contribution in [1.29, 1.82) is 0 Å². The molecule has 0 saturated carbocycles. The predicted octanol–water partition coefficient (Wildman–Crippen LogP) is 3.99. The Morgan fingerprint density at radius 2 is 2.03 bits per heavy atom. The van der Waals surface area contributed by atoms with Crippen molar-refractivity contribution in [2.45, 2.75) is 6.42 Å². The monoisotopic (exact) mass is 452 g/mol. The van der Waals surface area contributed by atoms with Crippen molar-refractivity contribution in [1.82, 2.24) is 19.9 Å². The lowest BCUT2D eigenvalue weighted by Crippen LogP contribution is -2.23. The van der Waals surface area contributed by atoms with Gasteiger partial charge in [-0.3, -0.25) is 4.79 Å². The molecule has 4 rings (SSSR count). The van der Waals surface area contributed by atoms with Gasteiger partial charge in [0.15, 0.2) is 17.3 Å². The van der Waals surface area contributed by atoms with E-state index in [4.69, 9.17) is 9.47 Å². The second kappa shape index (κ2) is 9.61. The lowest BCUT2D eigenvalue weighted by molar-refractivity contribution is -0.116. The summed E-state index contributed by atoms with van der Waals surface area (Å²) in [5.74, 6) is 1.17. The average Bonchev–Trinajstić information content (AvgIpc) is 3.39. The Balaban J connectivity index is 1.36. The zero-order chi connectivity index (χ0) is 22.5. The third kappa shape index (κ3) is 4.78. The Bertz CT molecular complexity index is 1280. The number of halogens is 1. The molecule has 164 valence electrons. The van der Waals surface area contributed by atoms with E-state index in [9.17, 15) is 9.18 Å². The molecule has 0 saturated heterocycles. The number of carbonyl (C=O) groups excluding carboxylic acids is 1. The number of ether oxygens (including phenoxy) is 2. The minimum Gasteiger partial charge on any atom is -0.493 e. The number of fused-ring (bicyclic) bond motifs is 1. The predicted molar refractivity (Wildman–Crippen MR) is 122 cm³/mol. The number of benzene rings is 2. The van der Waals surface area contributed by atoms with E-state index < -0.39 is 0 Å². The number of carbonyl (C=O) groups is 1. The van der Waals surface area contributed by atoms with Crippen molar-refractivity contribution < 1.29 is 18.7 Å². The normalized spacial score (nSPS) is 11.2. The van der Waals surface area contributed by atoms with Crippen LogP contribution < -0.4 is 14.8 Å². The first kappa shape index (κ1) is 21.5. The van der Waals surface area contributed by atoms with Crippen LogP contribution in [0.2, 0.25) is 0 Å². The van der Waals surface area contributed by atoms with Crippen LogP contribution in [0.15, 0.2) is 53.9 Å². The summed E-state index contributed by atoms with van der Waals surface area (Å²) in [5, 5.41) is 9.31. The van der Waals surface area contributed by atoms with Crippen molar-refractivity contribution in [3.63, 3.8) is 0 Å². The number of thiazole rings is 1. The SMILES string of the molecule is COc1ccc(C=CC(=O)NCCc2csc3nc(-c4cccc(F)c4)nn23)cc1OC. The third-order valence-electron chi connectivity index (χ3n) is 4.75. The van der Waals surface area contributed by atoms with Gasteiger partial charge in [-0.15, -0.1) is 16.4 Å². The van der Waals surface area contributed by atoms with Gasteiger partial charge in [-0.1, -0.05) is 18.2 Å². The Hall–Kier alpha value is -3.72. The third-order valence-corrected chi connectivity index (χ3v) is 5.61. The highest BCUT2D eigenvalue weighted by Gasteiger charge is 2.12. The summed E-state index contributed by atoms with van der Waals surface area (Å²) in [5.41, 5.74) is 2.37. The van der Waals surface area contributed by atoms with E-state index in [0.29, 0.717) is 35.9 Å². The van der Waals surface area contributed by atoms with E-state index in [1.165, 1.54) is 29.5 Å². The van der Waals surface area contributed by atoms with Crippen molar-refractivity contribution >= 4 is 28.3 Å². The molecule has 1 amide bonds. The van der Waals surface area contributed by atoms with E-state index in [2.05, 4.69) is 15.4 Å². The summed E-state index contributed by atoms with van der Waals surface area (Å²) in [6.07, 6.45) is 3.77. The van der Waals surface area contributed by atoms with Gasteiger partial charge in [-0.2, -0.15) is 4.98 Å². The number of hydrogen-bond donors (Lipinski definition) is 1. The molecule has 0 aliphatic rings. The van der Waals surface area contributed by atoms with Crippen LogP contribution in [0.3, 0.4) is 0 Å². The first-order chi connectivity index (χ1) is 15.6. The first-order valence-electron chi connectivity index (χ1n) is 9.84. The number of rotatable bonds is 8. The van der Waals surface area contributed by atoms with Crippen LogP contribution in [0.1, 0.15) is 11.3 Å². The maximum atomic E-state index is 13.5. The second-order valence-electron chi connectivity index (χ2n) is 6.86. The van der Waals surface area contributed by atoms with E-state index >= 15 is 0 Å². The minimum atomic E-state index is -0.329. The molecule has 0 fully saturated rings. The molecule has 0 aliphatic carbocycles. The molecule has 2 aromatic carbocycles. The molecule has 32 heavy (non-hydrogen) atoms. The molecule has 4 aromatic rings. The first-order valence-corrected chi connectivity index (χ1v) is 10.7. The number of aromatic nitrogens is 3. The average molecular weight is 453 g/mol. The number of nitrogens with zero attached hydrogens (tertiary/aromatic N) is 3. The van der Waals surface area contributed by atoms with E-state index in [-0.39, 0.29) is 11.7 Å². The summed E-state index contributed by atoms with van der Waals surface area (Å²) in [7, 11) is 3.14. The molecule has 0 bridgehead atoms. The zero-order valence-corrected chi connectivity index (χ0v) is 18.4. The van der Waals surface area contributed by atoms with Gasteiger partial charge in [0.1, 0.15) is 5.82 Å². The molecule has 0 radical (unpaired) electrons. The van der Waals surface area contributed by atoms with Crippen molar-refractivity contribution in [3.8, 4) is 22.9 Å². The fourth-order valence-electron chi connectivity index (χ4n) is 3.15. The Morgan fingerprint density at radius 1 is 1.19 bits per heavy atom. The second-order valence-corrected chi connectivity index (χ2v) is 7.69. The van der Waals surface area contributed by atoms with Crippen LogP contribution >= 0.6 is 11.3 Å². The fraction of sp³-hybridized carbons (Fsp3) is 0.174. The molecule has 7 nitrogen and oxygen atoms in total. The van der Waals surface area contributed by atoms with Gasteiger partial charge >= 0.3 is 0 Å². The van der Waals surface area contributed by atoms with Gasteiger partial charge in [-0.25, -0.2) is 8.91 Å². The number of hydrogen-bond acceptors (Lipinski definition) is 6. The topological polar surface area (TPSA) is 77.8 Å². The quantitative estimate of drug-likeness (QED) is 0.409. The molecule has 0 unspecified atom stereocenters. The maximum Gasteiger partial charge on any atom is 0.244 e. The van der Waals surface area contributed by atoms with Crippen molar-refractivity contribution in [3.05, 3.63) is 71.0 Å². The largest absolute Gasteiger partial charge is 0.493 e. The lowest BCUT2D eigenvalue weighted by Gasteiger charge is -2.07. The van der Waals surface area contributed by atoms with Gasteiger partial charge in [0.2, 0.25) is 10.9 Å². The minimum absolute atomic E-state index is 0.203. The highest BCUT2D eigenvalue weighted by atomic mass is 32.1. The van der Waals surface area contributed by atoms with Crippen LogP contribution in [0.25, 0.3) is 22.4 Å². The summed E-state index contributed by atoms with van der Waals surface area (Å²) in [6.45, 7) is 0.441. The van der Waals surface area contributed by atoms with Gasteiger partial charge in [0, 0.05) is 30.0 Å². The van der Waals surface area contributed by atoms with Gasteiger partial charge < -0.3 is 14.8 Å². The smallest absolute Gasteiger partial charge is 0.244 e. The maximum absolute atomic E-state index is 13.5. The van der Waals surface area contributed by atoms with E-state index in [1.807, 2.05) is 11.4 Å².